The number of likely N-dealkylation sites (N-methyl/N-ethyl adjacent to an activating group) is 1. The van der Waals surface area contributed by atoms with Crippen LogP contribution in [-0.2, 0) is 65.7 Å². The Hall–Kier alpha value is -11.0. The Bertz CT molecular complexity index is 5170. The SMILES string of the molecule is CN[C@H](CC(C)C)C(=O)N[C@H]1C(=O)N[C@@H](CC(N)=O)C(=O)N[C@H]2C(=O)NC3C(=O)N[C@H](C(=O)N[C@H](C(=O)O)c4cc(O)cc(O)c4-c4cc3ccc4O)[C@H](O)c3ccc(c(Cl)c3)Oc3cc2cc(c3OC2OC(CN=[N+]=[N-])C(O)C(O)C2OC2CC(C)(NCc3ccc(OCc4ccc(Cl)c(Cl)c4)cc3)C(O)C(C)O2)Oc2ccc(cc2Cl)[C@H]1O. The standard InChI is InChI=1S/C80H84Cl4N12O24/c1-32(2)18-48(87-5)72(106)94-63-65(101)37-10-16-52(46(83)21-37)116-54-23-39-24-55(69(54)120-79-70(68(104)67(103)56(118-79)30-89-96-86)119-58-28-80(4,71(105)33(3)115-58)88-29-34-6-12-41(13-7-34)114-31-35-8-14-44(81)45(82)19-35)117-53-17-11-38(22-47(53)84)66(102)64-77(111)93-62(78(112)113)43-25-40(97)26-51(99)59(43)42-20-36(9-15-50(42)98)60(74(108)95-64)92-75(109)61(39)91-73(107)49(27-57(85)100)90-76(63)110/h6-17,19-26,32-33,48-49,56,58,60-68,70-71,79,87-88,97-99,101-105H,18,27-31H2,1-5H3,(H2,85,100)(H,90,110)(H,91,107)(H,92,109)(H,93,111)(H,94,106)(H,95,108)(H,112,113)/t33?,48-,49+,56?,58?,60?,61-,62+,63-,64+,65-,66-,67?,68?,70?,71?,79?,80?/m1/s1. The van der Waals surface area contributed by atoms with Crippen LogP contribution in [0.5, 0.6) is 51.7 Å². The van der Waals surface area contributed by atoms with E-state index in [1.165, 1.54) is 19.2 Å². The van der Waals surface area contributed by atoms with Gasteiger partial charge in [-0.1, -0.05) is 102 Å². The van der Waals surface area contributed by atoms with Gasteiger partial charge in [-0.2, -0.15) is 0 Å². The third kappa shape index (κ3) is 19.7. The van der Waals surface area contributed by atoms with Gasteiger partial charge in [0.25, 0.3) is 0 Å². The number of phenols is 3. The summed E-state index contributed by atoms with van der Waals surface area (Å²) in [6.45, 7) is 6.50. The number of hydrogen-bond donors (Lipinski definition) is 18. The van der Waals surface area contributed by atoms with Crippen LogP contribution in [0.2, 0.25) is 20.1 Å². The van der Waals surface area contributed by atoms with Crippen molar-refractivity contribution in [2.24, 2.45) is 16.8 Å². The first-order valence-electron chi connectivity index (χ1n) is 37.5. The molecule has 0 radical (unpaired) electrons. The highest BCUT2D eigenvalue weighted by atomic mass is 35.5. The summed E-state index contributed by atoms with van der Waals surface area (Å²) in [5, 5.41) is 131. The van der Waals surface area contributed by atoms with Crippen LogP contribution < -0.4 is 67.2 Å². The molecular formula is C80H84Cl4N12O24. The number of carboxylic acids is 1. The van der Waals surface area contributed by atoms with Crippen molar-refractivity contribution in [3.63, 3.8) is 0 Å². The Labute approximate surface area is 703 Å². The van der Waals surface area contributed by atoms with Crippen molar-refractivity contribution in [1.29, 1.82) is 0 Å². The van der Waals surface area contributed by atoms with Gasteiger partial charge in [-0.25, -0.2) is 4.79 Å². The van der Waals surface area contributed by atoms with Crippen LogP contribution in [0, 0.1) is 5.92 Å². The average molecular weight is 1740 g/mol. The Morgan fingerprint density at radius 1 is 0.683 bits per heavy atom. The second-order valence-electron chi connectivity index (χ2n) is 29.9. The van der Waals surface area contributed by atoms with Gasteiger partial charge in [-0.05, 0) is 151 Å². The normalized spacial score (nSPS) is 26.5. The van der Waals surface area contributed by atoms with Crippen molar-refractivity contribution in [3.8, 4) is 62.9 Å². The number of carboxylic acid groups (broad SMARTS) is 1. The highest BCUT2D eigenvalue weighted by Gasteiger charge is 2.52. The van der Waals surface area contributed by atoms with Crippen molar-refractivity contribution >= 4 is 93.7 Å². The highest BCUT2D eigenvalue weighted by molar-refractivity contribution is 6.42. The van der Waals surface area contributed by atoms with E-state index >= 15 is 14.4 Å². The number of nitrogens with zero attached hydrogens (tertiary/aromatic N) is 3. The van der Waals surface area contributed by atoms with Crippen LogP contribution in [0.3, 0.4) is 0 Å². The van der Waals surface area contributed by atoms with Crippen molar-refractivity contribution in [1.82, 2.24) is 42.5 Å². The molecule has 7 aromatic rings. The van der Waals surface area contributed by atoms with Gasteiger partial charge in [0.15, 0.2) is 29.9 Å². The molecule has 0 aliphatic carbocycles. The second-order valence-corrected chi connectivity index (χ2v) is 31.5. The fraction of sp³-hybridized carbons (Fsp3) is 0.375. The predicted octanol–water partition coefficient (Wildman–Crippen LogP) is 6.14. The fourth-order valence-corrected chi connectivity index (χ4v) is 15.3. The molecule has 40 heteroatoms. The van der Waals surface area contributed by atoms with E-state index in [1.807, 2.05) is 13.8 Å². The summed E-state index contributed by atoms with van der Waals surface area (Å²) in [6.07, 6.45) is -19.0. The Morgan fingerprint density at radius 3 is 1.94 bits per heavy atom. The fourth-order valence-electron chi connectivity index (χ4n) is 14.6. The van der Waals surface area contributed by atoms with Gasteiger partial charge in [-0.15, -0.1) is 0 Å². The number of fused-ring (bicyclic) bond motifs is 15. The summed E-state index contributed by atoms with van der Waals surface area (Å²) in [6, 6.07) is 11.3. The molecule has 36 nitrogen and oxygen atoms in total. The Balaban J connectivity index is 1.03. The van der Waals surface area contributed by atoms with Crippen LogP contribution in [-0.4, -0.2) is 186 Å². The first kappa shape index (κ1) is 88.3. The molecule has 18 atom stereocenters. The number of benzene rings is 7. The number of primary amides is 1. The maximum Gasteiger partial charge on any atom is 0.330 e. The van der Waals surface area contributed by atoms with E-state index in [0.29, 0.717) is 15.8 Å². The number of rotatable bonds is 20. The molecule has 7 amide bonds. The molecule has 0 saturated carbocycles. The zero-order chi connectivity index (χ0) is 86.6. The first-order valence-corrected chi connectivity index (χ1v) is 39.0. The van der Waals surface area contributed by atoms with Crippen LogP contribution in [0.15, 0.2) is 126 Å². The number of aliphatic carboxylic acids is 1. The number of amides is 7. The van der Waals surface area contributed by atoms with Crippen LogP contribution in [0.4, 0.5) is 0 Å². The summed E-state index contributed by atoms with van der Waals surface area (Å²) in [5.41, 5.74) is 12.7. The van der Waals surface area contributed by atoms with Crippen molar-refractivity contribution in [2.45, 2.75) is 169 Å². The van der Waals surface area contributed by atoms with Gasteiger partial charge in [0.2, 0.25) is 53.4 Å². The van der Waals surface area contributed by atoms with Crippen LogP contribution in [0.25, 0.3) is 21.6 Å². The number of aliphatic hydroxyl groups excluding tert-OH is 5. The lowest BCUT2D eigenvalue weighted by molar-refractivity contribution is -0.331. The summed E-state index contributed by atoms with van der Waals surface area (Å²) >= 11 is 26.7. The maximum absolute atomic E-state index is 16.3. The number of halogens is 4. The molecule has 10 unspecified atom stereocenters. The first-order chi connectivity index (χ1) is 57.0. The minimum atomic E-state index is -2.39. The van der Waals surface area contributed by atoms with Gasteiger partial charge >= 0.3 is 5.97 Å². The molecule has 636 valence electrons. The van der Waals surface area contributed by atoms with Gasteiger partial charge in [0, 0.05) is 46.2 Å². The molecule has 19 N–H and O–H groups in total. The quantitative estimate of drug-likeness (QED) is 0.0231. The third-order valence-electron chi connectivity index (χ3n) is 20.9. The topological polar surface area (TPSA) is 554 Å². The molecule has 2 saturated heterocycles. The van der Waals surface area contributed by atoms with Gasteiger partial charge < -0.3 is 127 Å². The molecule has 120 heavy (non-hydrogen) atoms. The second kappa shape index (κ2) is 37.3. The molecular weight excluding hydrogens is 1650 g/mol. The Morgan fingerprint density at radius 2 is 1.32 bits per heavy atom. The zero-order valence-electron chi connectivity index (χ0n) is 64.3. The minimum Gasteiger partial charge on any atom is -0.508 e. The highest BCUT2D eigenvalue weighted by Crippen LogP contribution is 2.50. The van der Waals surface area contributed by atoms with E-state index in [2.05, 4.69) is 52.6 Å². The van der Waals surface area contributed by atoms with Crippen LogP contribution in [0.1, 0.15) is 116 Å². The van der Waals surface area contributed by atoms with Crippen molar-refractivity contribution in [2.75, 3.05) is 13.6 Å². The van der Waals surface area contributed by atoms with Gasteiger partial charge in [-0.3, -0.25) is 33.6 Å². The minimum absolute atomic E-state index is 0.117. The monoisotopic (exact) mass is 1740 g/mol. The zero-order valence-corrected chi connectivity index (χ0v) is 67.3. The molecule has 7 aromatic carbocycles. The van der Waals surface area contributed by atoms with E-state index in [-0.39, 0.29) is 59.4 Å². The Kier molecular flexibility index (Phi) is 27.4. The number of nitrogens with two attached hydrogens (primary N) is 1. The smallest absolute Gasteiger partial charge is 0.330 e. The maximum atomic E-state index is 16.3. The molecule has 0 spiro atoms. The summed E-state index contributed by atoms with van der Waals surface area (Å²) in [4.78, 5) is 121. The molecule has 0 aromatic heterocycles. The lowest BCUT2D eigenvalue weighted by atomic mass is 9.84. The lowest BCUT2D eigenvalue weighted by Gasteiger charge is -2.48. The number of hydrogen-bond acceptors (Lipinski definition) is 26. The van der Waals surface area contributed by atoms with E-state index in [0.717, 1.165) is 77.9 Å². The third-order valence-corrected chi connectivity index (χ3v) is 22.2. The lowest BCUT2D eigenvalue weighted by Crippen LogP contribution is -2.65. The summed E-state index contributed by atoms with van der Waals surface area (Å²) < 4.78 is 45.7. The number of nitrogens with one attached hydrogen (secondary N) is 8. The number of aliphatic hydroxyl groups is 5. The van der Waals surface area contributed by atoms with Gasteiger partial charge in [0.05, 0.1) is 57.4 Å². The number of phenolic OH excluding ortho intramolecular Hbond substituents is 3. The van der Waals surface area contributed by atoms with E-state index in [9.17, 15) is 75.5 Å². The molecule has 14 rings (SSSR count). The van der Waals surface area contributed by atoms with Crippen molar-refractivity contribution < 1.29 is 117 Å². The molecule has 7 heterocycles. The molecule has 7 aliphatic rings. The van der Waals surface area contributed by atoms with Crippen LogP contribution >= 0.6 is 46.4 Å². The van der Waals surface area contributed by atoms with E-state index in [4.69, 9.17) is 85.3 Å². The van der Waals surface area contributed by atoms with Gasteiger partial charge in [0.1, 0.15) is 95.7 Å². The summed E-state index contributed by atoms with van der Waals surface area (Å²) in [7, 11) is 1.47. The van der Waals surface area contributed by atoms with Crippen molar-refractivity contribution in [3.05, 3.63) is 191 Å². The van der Waals surface area contributed by atoms with E-state index in [1.54, 1.807) is 56.3 Å². The number of carbonyl (C=O) groups is 8. The molecule has 7 aliphatic heterocycles. The summed E-state index contributed by atoms with van der Waals surface area (Å²) in [5.74, 6) is -15.7. The number of carbonyl (C=O) groups excluding carboxylic acids is 7. The predicted molar refractivity (Wildman–Crippen MR) is 426 cm³/mol. The molecule has 2 fully saturated rings. The average Bonchev–Trinajstić information content (AvgIpc) is 0.767. The number of aromatic hydroxyl groups is 3. The van der Waals surface area contributed by atoms with E-state index < -0.39 is 237 Å². The molecule has 11 bridgehead atoms. The number of azide groups is 1. The number of ether oxygens (including phenoxy) is 7. The largest absolute Gasteiger partial charge is 0.508 e.